The van der Waals surface area contributed by atoms with Crippen molar-refractivity contribution in [1.82, 2.24) is 5.32 Å². The zero-order chi connectivity index (χ0) is 13.9. The molecule has 0 saturated carbocycles. The van der Waals surface area contributed by atoms with Crippen LogP contribution in [0.3, 0.4) is 0 Å². The third kappa shape index (κ3) is 2.79. The summed E-state index contributed by atoms with van der Waals surface area (Å²) in [6.07, 6.45) is 6.26. The second kappa shape index (κ2) is 5.96. The quantitative estimate of drug-likeness (QED) is 0.885. The van der Waals surface area contributed by atoms with Gasteiger partial charge in [-0.3, -0.25) is 0 Å². The Labute approximate surface area is 117 Å². The van der Waals surface area contributed by atoms with Crippen molar-refractivity contribution in [1.29, 1.82) is 0 Å². The van der Waals surface area contributed by atoms with Gasteiger partial charge in [0.15, 0.2) is 0 Å². The van der Waals surface area contributed by atoms with Crippen molar-refractivity contribution in [3.05, 3.63) is 28.8 Å². The van der Waals surface area contributed by atoms with Gasteiger partial charge in [0.2, 0.25) is 0 Å². The fourth-order valence-corrected chi connectivity index (χ4v) is 3.54. The fourth-order valence-electron chi connectivity index (χ4n) is 3.54. The summed E-state index contributed by atoms with van der Waals surface area (Å²) < 4.78 is 5.69. The van der Waals surface area contributed by atoms with Gasteiger partial charge < -0.3 is 10.1 Å². The minimum atomic E-state index is 0.0969. The van der Waals surface area contributed by atoms with Crippen molar-refractivity contribution in [3.8, 4) is 5.75 Å². The molecular formula is C17H27NO. The number of ether oxygens (including phenoxy) is 1. The van der Waals surface area contributed by atoms with Crippen molar-refractivity contribution in [2.24, 2.45) is 0 Å². The third-order valence-electron chi connectivity index (χ3n) is 4.49. The minimum Gasteiger partial charge on any atom is -0.496 e. The van der Waals surface area contributed by atoms with Gasteiger partial charge in [-0.1, -0.05) is 25.8 Å². The molecule has 0 aromatic heterocycles. The van der Waals surface area contributed by atoms with Crippen LogP contribution < -0.4 is 10.1 Å². The minimum absolute atomic E-state index is 0.0969. The first kappa shape index (κ1) is 14.4. The van der Waals surface area contributed by atoms with Crippen LogP contribution in [0.1, 0.15) is 55.7 Å². The Balaban J connectivity index is 2.52. The van der Waals surface area contributed by atoms with Crippen molar-refractivity contribution in [3.63, 3.8) is 0 Å². The Morgan fingerprint density at radius 1 is 1.21 bits per heavy atom. The van der Waals surface area contributed by atoms with E-state index in [1.54, 1.807) is 7.11 Å². The van der Waals surface area contributed by atoms with E-state index in [-0.39, 0.29) is 5.54 Å². The van der Waals surface area contributed by atoms with E-state index < -0.39 is 0 Å². The van der Waals surface area contributed by atoms with Crippen LogP contribution in [-0.2, 0) is 5.54 Å². The van der Waals surface area contributed by atoms with Gasteiger partial charge in [-0.2, -0.15) is 0 Å². The number of nitrogens with one attached hydrogen (secondary N) is 1. The molecule has 1 saturated heterocycles. The molecule has 1 atom stereocenters. The summed E-state index contributed by atoms with van der Waals surface area (Å²) in [6.45, 7) is 7.76. The molecule has 0 amide bonds. The van der Waals surface area contributed by atoms with E-state index in [1.807, 2.05) is 0 Å². The maximum absolute atomic E-state index is 5.69. The van der Waals surface area contributed by atoms with E-state index in [0.717, 1.165) is 18.7 Å². The molecule has 0 aliphatic carbocycles. The molecule has 19 heavy (non-hydrogen) atoms. The van der Waals surface area contributed by atoms with Gasteiger partial charge in [0.25, 0.3) is 0 Å². The molecule has 1 aliphatic rings. The molecule has 1 fully saturated rings. The number of hydrogen-bond acceptors (Lipinski definition) is 2. The lowest BCUT2D eigenvalue weighted by Gasteiger charge is -2.36. The van der Waals surface area contributed by atoms with E-state index in [0.29, 0.717) is 0 Å². The number of methoxy groups -OCH3 is 1. The molecule has 2 heteroatoms. The smallest absolute Gasteiger partial charge is 0.124 e. The number of aryl methyl sites for hydroxylation is 2. The highest BCUT2D eigenvalue weighted by Gasteiger charge is 2.34. The van der Waals surface area contributed by atoms with Crippen LogP contribution in [0.5, 0.6) is 5.75 Å². The van der Waals surface area contributed by atoms with Gasteiger partial charge in [-0.05, 0) is 56.8 Å². The third-order valence-corrected chi connectivity index (χ3v) is 4.49. The van der Waals surface area contributed by atoms with Crippen molar-refractivity contribution < 1.29 is 4.74 Å². The highest BCUT2D eigenvalue weighted by atomic mass is 16.5. The Morgan fingerprint density at radius 3 is 2.68 bits per heavy atom. The van der Waals surface area contributed by atoms with Crippen molar-refractivity contribution in [2.45, 2.75) is 58.4 Å². The van der Waals surface area contributed by atoms with Gasteiger partial charge in [0, 0.05) is 11.1 Å². The molecule has 2 nitrogen and oxygen atoms in total. The summed E-state index contributed by atoms with van der Waals surface area (Å²) >= 11 is 0. The molecule has 1 aromatic rings. The molecular weight excluding hydrogens is 234 g/mol. The largest absolute Gasteiger partial charge is 0.496 e. The molecule has 106 valence electrons. The van der Waals surface area contributed by atoms with E-state index in [2.05, 4.69) is 38.2 Å². The second-order valence-corrected chi connectivity index (χ2v) is 5.83. The lowest BCUT2D eigenvalue weighted by molar-refractivity contribution is 0.294. The first-order chi connectivity index (χ1) is 9.13. The van der Waals surface area contributed by atoms with Crippen molar-refractivity contribution in [2.75, 3.05) is 13.7 Å². The SMILES string of the molecule is CCC1(c2c(C)cc(C)cc2OC)CCCCCN1. The van der Waals surface area contributed by atoms with Gasteiger partial charge in [-0.15, -0.1) is 0 Å². The van der Waals surface area contributed by atoms with Crippen LogP contribution in [0.25, 0.3) is 0 Å². The molecule has 1 aliphatic heterocycles. The Hall–Kier alpha value is -1.02. The molecule has 1 aromatic carbocycles. The Morgan fingerprint density at radius 2 is 2.00 bits per heavy atom. The predicted octanol–water partition coefficient (Wildman–Crippen LogP) is 4.08. The number of hydrogen-bond donors (Lipinski definition) is 1. The fraction of sp³-hybridized carbons (Fsp3) is 0.647. The summed E-state index contributed by atoms with van der Waals surface area (Å²) in [5.41, 5.74) is 4.11. The van der Waals surface area contributed by atoms with Crippen LogP contribution in [0.4, 0.5) is 0 Å². The topological polar surface area (TPSA) is 21.3 Å². The predicted molar refractivity (Wildman–Crippen MR) is 80.9 cm³/mol. The summed E-state index contributed by atoms with van der Waals surface area (Å²) in [4.78, 5) is 0. The second-order valence-electron chi connectivity index (χ2n) is 5.83. The van der Waals surface area contributed by atoms with Crippen LogP contribution in [-0.4, -0.2) is 13.7 Å². The van der Waals surface area contributed by atoms with Gasteiger partial charge in [-0.25, -0.2) is 0 Å². The highest BCUT2D eigenvalue weighted by molar-refractivity contribution is 5.47. The highest BCUT2D eigenvalue weighted by Crippen LogP contribution is 2.40. The summed E-state index contributed by atoms with van der Waals surface area (Å²) in [5, 5.41) is 3.82. The number of rotatable bonds is 3. The van der Waals surface area contributed by atoms with E-state index in [1.165, 1.54) is 42.4 Å². The normalized spacial score (nSPS) is 24.0. The molecule has 1 N–H and O–H groups in total. The average molecular weight is 261 g/mol. The maximum Gasteiger partial charge on any atom is 0.124 e. The van der Waals surface area contributed by atoms with Gasteiger partial charge in [0.05, 0.1) is 7.11 Å². The molecule has 2 rings (SSSR count). The lowest BCUT2D eigenvalue weighted by Crippen LogP contribution is -2.42. The molecule has 1 unspecified atom stereocenters. The van der Waals surface area contributed by atoms with Gasteiger partial charge >= 0.3 is 0 Å². The Kier molecular flexibility index (Phi) is 4.51. The standard InChI is InChI=1S/C17H27NO/c1-5-17(9-7-6-8-10-18-17)16-14(3)11-13(2)12-15(16)19-4/h11-12,18H,5-10H2,1-4H3. The first-order valence-electron chi connectivity index (χ1n) is 7.53. The van der Waals surface area contributed by atoms with Crippen LogP contribution in [0, 0.1) is 13.8 Å². The van der Waals surface area contributed by atoms with E-state index >= 15 is 0 Å². The zero-order valence-electron chi connectivity index (χ0n) is 12.8. The zero-order valence-corrected chi connectivity index (χ0v) is 12.8. The number of benzene rings is 1. The van der Waals surface area contributed by atoms with Crippen LogP contribution in [0.2, 0.25) is 0 Å². The molecule has 1 heterocycles. The van der Waals surface area contributed by atoms with Crippen LogP contribution in [0.15, 0.2) is 12.1 Å². The summed E-state index contributed by atoms with van der Waals surface area (Å²) in [7, 11) is 1.79. The van der Waals surface area contributed by atoms with E-state index in [9.17, 15) is 0 Å². The van der Waals surface area contributed by atoms with Crippen molar-refractivity contribution >= 4 is 0 Å². The average Bonchev–Trinajstić information content (AvgIpc) is 2.64. The molecule has 0 spiro atoms. The summed E-state index contributed by atoms with van der Waals surface area (Å²) in [6, 6.07) is 4.45. The first-order valence-corrected chi connectivity index (χ1v) is 7.53. The monoisotopic (exact) mass is 261 g/mol. The van der Waals surface area contributed by atoms with Gasteiger partial charge in [0.1, 0.15) is 5.75 Å². The molecule has 0 bridgehead atoms. The molecule has 0 radical (unpaired) electrons. The van der Waals surface area contributed by atoms with E-state index in [4.69, 9.17) is 4.74 Å². The van der Waals surface area contributed by atoms with Crippen LogP contribution >= 0.6 is 0 Å². The lowest BCUT2D eigenvalue weighted by atomic mass is 9.80. The Bertz CT molecular complexity index is 431. The summed E-state index contributed by atoms with van der Waals surface area (Å²) in [5.74, 6) is 1.05. The maximum atomic E-state index is 5.69.